The number of carboxylic acid groups (broad SMARTS) is 1. The summed E-state index contributed by atoms with van der Waals surface area (Å²) in [6, 6.07) is 4.77. The lowest BCUT2D eigenvalue weighted by Gasteiger charge is -2.17. The molecule has 0 aliphatic carbocycles. The lowest BCUT2D eigenvalue weighted by Crippen LogP contribution is -2.44. The highest BCUT2D eigenvalue weighted by Gasteiger charge is 2.30. The van der Waals surface area contributed by atoms with Crippen molar-refractivity contribution in [1.29, 1.82) is 0 Å². The van der Waals surface area contributed by atoms with Crippen LogP contribution in [0.25, 0.3) is 0 Å². The molecule has 24 heavy (non-hydrogen) atoms. The monoisotopic (exact) mass is 360 g/mol. The molecule has 0 radical (unpaired) electrons. The zero-order valence-corrected chi connectivity index (χ0v) is 13.5. The van der Waals surface area contributed by atoms with Crippen molar-refractivity contribution in [2.24, 2.45) is 0 Å². The van der Waals surface area contributed by atoms with Crippen LogP contribution in [0.5, 0.6) is 5.75 Å². The van der Waals surface area contributed by atoms with Crippen LogP contribution in [0.1, 0.15) is 6.42 Å². The van der Waals surface area contributed by atoms with Crippen LogP contribution in [0.3, 0.4) is 0 Å². The largest absolute Gasteiger partial charge is 0.478 e. The highest BCUT2D eigenvalue weighted by molar-refractivity contribution is 7.89. The molecule has 132 valence electrons. The summed E-state index contributed by atoms with van der Waals surface area (Å²) in [5.74, 6) is -2.27. The minimum absolute atomic E-state index is 0.00566. The minimum Gasteiger partial charge on any atom is -0.478 e. The van der Waals surface area contributed by atoms with Gasteiger partial charge in [-0.2, -0.15) is 4.31 Å². The Balaban J connectivity index is 1.88. The van der Waals surface area contributed by atoms with Crippen molar-refractivity contribution in [3.63, 3.8) is 0 Å². The Hall–Kier alpha value is -2.20. The zero-order valence-electron chi connectivity index (χ0n) is 12.6. The number of carbonyl (C=O) groups is 2. The molecule has 1 aromatic rings. The van der Waals surface area contributed by atoms with Crippen LogP contribution in [-0.2, 0) is 19.6 Å². The Kier molecular flexibility index (Phi) is 5.73. The third-order valence-corrected chi connectivity index (χ3v) is 5.28. The molecule has 0 aromatic heterocycles. The van der Waals surface area contributed by atoms with Gasteiger partial charge in [0.15, 0.2) is 0 Å². The molecule has 1 heterocycles. The van der Waals surface area contributed by atoms with Crippen LogP contribution in [-0.4, -0.2) is 61.2 Å². The number of hydrogen-bond acceptors (Lipinski definition) is 5. The maximum Gasteiger partial charge on any atom is 0.346 e. The molecule has 1 amide bonds. The van der Waals surface area contributed by atoms with Crippen molar-refractivity contribution in [3.8, 4) is 5.75 Å². The van der Waals surface area contributed by atoms with Crippen molar-refractivity contribution in [2.45, 2.75) is 12.5 Å². The van der Waals surface area contributed by atoms with E-state index < -0.39 is 33.8 Å². The van der Waals surface area contributed by atoms with Crippen LogP contribution in [0.15, 0.2) is 24.3 Å². The van der Waals surface area contributed by atoms with Crippen molar-refractivity contribution >= 4 is 21.9 Å². The smallest absolute Gasteiger partial charge is 0.346 e. The van der Waals surface area contributed by atoms with Gasteiger partial charge < -0.3 is 15.2 Å². The molecule has 2 N–H and O–H groups in total. The van der Waals surface area contributed by atoms with Gasteiger partial charge in [0.25, 0.3) is 0 Å². The van der Waals surface area contributed by atoms with E-state index in [1.807, 2.05) is 0 Å². The van der Waals surface area contributed by atoms with Crippen molar-refractivity contribution in [2.75, 3.05) is 25.4 Å². The lowest BCUT2D eigenvalue weighted by atomic mass is 10.3. The van der Waals surface area contributed by atoms with Gasteiger partial charge >= 0.3 is 5.97 Å². The summed E-state index contributed by atoms with van der Waals surface area (Å²) in [5.41, 5.74) is 0. The topological polar surface area (TPSA) is 113 Å². The Labute approximate surface area is 138 Å². The van der Waals surface area contributed by atoms with Crippen LogP contribution < -0.4 is 10.1 Å². The normalized spacial score (nSPS) is 18.0. The van der Waals surface area contributed by atoms with Gasteiger partial charge in [-0.05, 0) is 30.7 Å². The average molecular weight is 360 g/mol. The SMILES string of the molecule is O=C(CN1CCCS1(=O)=O)NCC(Oc1ccc(F)cc1)C(=O)O. The molecule has 1 aromatic carbocycles. The van der Waals surface area contributed by atoms with Crippen LogP contribution in [0.4, 0.5) is 4.39 Å². The van der Waals surface area contributed by atoms with Crippen LogP contribution in [0.2, 0.25) is 0 Å². The standard InChI is InChI=1S/C14H17FN2O6S/c15-10-2-4-11(5-3-10)23-12(14(19)20)8-16-13(18)9-17-6-1-7-24(17,21)22/h2-5,12H,1,6-9H2,(H,16,18)(H,19,20). The Bertz CT molecular complexity index is 706. The van der Waals surface area contributed by atoms with E-state index in [-0.39, 0.29) is 31.1 Å². The summed E-state index contributed by atoms with van der Waals surface area (Å²) in [4.78, 5) is 23.0. The fourth-order valence-electron chi connectivity index (χ4n) is 2.15. The molecule has 0 saturated carbocycles. The fourth-order valence-corrected chi connectivity index (χ4v) is 3.62. The molecule has 1 saturated heterocycles. The number of hydrogen-bond donors (Lipinski definition) is 2. The molecule has 1 atom stereocenters. The van der Waals surface area contributed by atoms with Crippen molar-refractivity contribution < 1.29 is 32.2 Å². The summed E-state index contributed by atoms with van der Waals surface area (Å²) in [6.45, 7) is -0.436. The summed E-state index contributed by atoms with van der Waals surface area (Å²) in [6.07, 6.45) is -0.921. The summed E-state index contributed by atoms with van der Waals surface area (Å²) in [7, 11) is -3.40. The molecule has 1 fully saturated rings. The molecule has 1 unspecified atom stereocenters. The number of amides is 1. The van der Waals surface area contributed by atoms with E-state index in [1.54, 1.807) is 0 Å². The van der Waals surface area contributed by atoms with Gasteiger partial charge in [-0.1, -0.05) is 0 Å². The van der Waals surface area contributed by atoms with Crippen molar-refractivity contribution in [1.82, 2.24) is 9.62 Å². The van der Waals surface area contributed by atoms with E-state index in [1.165, 1.54) is 12.1 Å². The zero-order chi connectivity index (χ0) is 17.7. The maximum absolute atomic E-state index is 12.8. The van der Waals surface area contributed by atoms with Gasteiger partial charge in [0, 0.05) is 6.54 Å². The first-order valence-electron chi connectivity index (χ1n) is 7.17. The molecule has 10 heteroatoms. The predicted molar refractivity (Wildman–Crippen MR) is 81.4 cm³/mol. The highest BCUT2D eigenvalue weighted by Crippen LogP contribution is 2.14. The van der Waals surface area contributed by atoms with Crippen LogP contribution in [0, 0.1) is 5.82 Å². The first-order valence-corrected chi connectivity index (χ1v) is 8.78. The third-order valence-electron chi connectivity index (χ3n) is 3.38. The lowest BCUT2D eigenvalue weighted by molar-refractivity contribution is -0.145. The number of ether oxygens (including phenoxy) is 1. The Morgan fingerprint density at radius 1 is 1.33 bits per heavy atom. The quantitative estimate of drug-likeness (QED) is 0.697. The van der Waals surface area contributed by atoms with Gasteiger partial charge in [0.05, 0.1) is 18.8 Å². The van der Waals surface area contributed by atoms with E-state index in [0.29, 0.717) is 6.42 Å². The Morgan fingerprint density at radius 3 is 2.54 bits per heavy atom. The second-order valence-electron chi connectivity index (χ2n) is 5.21. The first-order chi connectivity index (χ1) is 11.3. The van der Waals surface area contributed by atoms with Gasteiger partial charge in [0.1, 0.15) is 11.6 Å². The van der Waals surface area contributed by atoms with Gasteiger partial charge in [-0.3, -0.25) is 4.79 Å². The summed E-state index contributed by atoms with van der Waals surface area (Å²) in [5, 5.41) is 11.4. The molecule has 8 nitrogen and oxygen atoms in total. The van der Waals surface area contributed by atoms with E-state index in [4.69, 9.17) is 9.84 Å². The number of carbonyl (C=O) groups excluding carboxylic acids is 1. The molecule has 1 aliphatic rings. The second kappa shape index (κ2) is 7.58. The number of carboxylic acids is 1. The minimum atomic E-state index is -3.40. The molecule has 1 aliphatic heterocycles. The van der Waals surface area contributed by atoms with E-state index >= 15 is 0 Å². The van der Waals surface area contributed by atoms with E-state index in [2.05, 4.69) is 5.32 Å². The van der Waals surface area contributed by atoms with E-state index in [0.717, 1.165) is 16.4 Å². The summed E-state index contributed by atoms with van der Waals surface area (Å²) >= 11 is 0. The molecule has 2 rings (SSSR count). The number of nitrogens with one attached hydrogen (secondary N) is 1. The number of aliphatic carboxylic acids is 1. The highest BCUT2D eigenvalue weighted by atomic mass is 32.2. The fraction of sp³-hybridized carbons (Fsp3) is 0.429. The number of halogens is 1. The maximum atomic E-state index is 12.8. The third kappa shape index (κ3) is 4.90. The number of nitrogens with zero attached hydrogens (tertiary/aromatic N) is 1. The molecular formula is C14H17FN2O6S. The Morgan fingerprint density at radius 2 is 2.00 bits per heavy atom. The number of benzene rings is 1. The van der Waals surface area contributed by atoms with Gasteiger partial charge in [0.2, 0.25) is 22.0 Å². The van der Waals surface area contributed by atoms with Crippen molar-refractivity contribution in [3.05, 3.63) is 30.1 Å². The number of rotatable bonds is 7. The molecule has 0 spiro atoms. The van der Waals surface area contributed by atoms with Gasteiger partial charge in [-0.15, -0.1) is 0 Å². The average Bonchev–Trinajstić information content (AvgIpc) is 2.84. The summed E-state index contributed by atoms with van der Waals surface area (Å²) < 4.78 is 42.3. The van der Waals surface area contributed by atoms with Gasteiger partial charge in [-0.25, -0.2) is 17.6 Å². The molecular weight excluding hydrogens is 343 g/mol. The van der Waals surface area contributed by atoms with E-state index in [9.17, 15) is 22.4 Å². The molecule has 0 bridgehead atoms. The second-order valence-corrected chi connectivity index (χ2v) is 7.29. The number of sulfonamides is 1. The first kappa shape index (κ1) is 18.1. The van der Waals surface area contributed by atoms with Crippen LogP contribution >= 0.6 is 0 Å². The predicted octanol–water partition coefficient (Wildman–Crippen LogP) is -0.191.